The summed E-state index contributed by atoms with van der Waals surface area (Å²) >= 11 is 1.16. The molecule has 0 radical (unpaired) electrons. The summed E-state index contributed by atoms with van der Waals surface area (Å²) < 4.78 is 24.7. The molecule has 1 fully saturated rings. The summed E-state index contributed by atoms with van der Waals surface area (Å²) in [5, 5.41) is 11.4. The molecule has 1 aliphatic heterocycles. The number of nitrogens with zero attached hydrogens (tertiary/aromatic N) is 3. The lowest BCUT2D eigenvalue weighted by atomic mass is 10.1. The van der Waals surface area contributed by atoms with Gasteiger partial charge in [-0.3, -0.25) is 14.9 Å². The molecule has 0 spiro atoms. The van der Waals surface area contributed by atoms with Gasteiger partial charge in [-0.2, -0.15) is 0 Å². The van der Waals surface area contributed by atoms with Crippen molar-refractivity contribution in [1.29, 1.82) is 0 Å². The van der Waals surface area contributed by atoms with Crippen molar-refractivity contribution in [2.24, 2.45) is 0 Å². The third kappa shape index (κ3) is 4.86. The van der Waals surface area contributed by atoms with Crippen molar-refractivity contribution < 1.29 is 18.0 Å². The molecular formula is C22H22N4O4S2. The number of rotatable bonds is 7. The number of benzene rings is 2. The molecule has 10 heteroatoms. The largest absolute Gasteiger partial charge is 0.312 e. The Morgan fingerprint density at radius 3 is 2.53 bits per heavy atom. The summed E-state index contributed by atoms with van der Waals surface area (Å²) in [7, 11) is -3.75. The van der Waals surface area contributed by atoms with Gasteiger partial charge in [0.05, 0.1) is 4.90 Å². The predicted molar refractivity (Wildman–Crippen MR) is 123 cm³/mol. The number of hydrogen-bond donors (Lipinski definition) is 1. The first-order valence-electron chi connectivity index (χ1n) is 10.2. The van der Waals surface area contributed by atoms with E-state index < -0.39 is 21.5 Å². The highest BCUT2D eigenvalue weighted by Gasteiger charge is 2.34. The van der Waals surface area contributed by atoms with Crippen LogP contribution in [0.2, 0.25) is 0 Å². The highest BCUT2D eigenvalue weighted by molar-refractivity contribution is 7.92. The maximum atomic E-state index is 12.5. The van der Waals surface area contributed by atoms with E-state index in [0.29, 0.717) is 18.0 Å². The van der Waals surface area contributed by atoms with Gasteiger partial charge >= 0.3 is 0 Å². The Hall–Kier alpha value is -3.11. The van der Waals surface area contributed by atoms with Crippen LogP contribution in [0.1, 0.15) is 29.8 Å². The van der Waals surface area contributed by atoms with Crippen LogP contribution in [0.25, 0.3) is 0 Å². The molecule has 2 amide bonds. The number of nitrogens with one attached hydrogen (secondary N) is 1. The molecule has 0 unspecified atom stereocenters. The maximum Gasteiger partial charge on any atom is 0.241 e. The number of carbonyl (C=O) groups excluding carboxylic acids is 2. The SMILES string of the molecule is CCc1ccc(N2C[C@H](c3nnc(NC(=O)CS(=O)(=O)c4ccccc4)s3)CC2=O)cc1. The Morgan fingerprint density at radius 1 is 1.12 bits per heavy atom. The third-order valence-corrected chi connectivity index (χ3v) is 7.87. The number of anilines is 2. The molecule has 1 saturated heterocycles. The van der Waals surface area contributed by atoms with E-state index in [2.05, 4.69) is 22.4 Å². The van der Waals surface area contributed by atoms with E-state index >= 15 is 0 Å². The van der Waals surface area contributed by atoms with Gasteiger partial charge in [-0.15, -0.1) is 10.2 Å². The molecule has 0 saturated carbocycles. The number of hydrogen-bond acceptors (Lipinski definition) is 7. The number of aromatic nitrogens is 2. The van der Waals surface area contributed by atoms with Crippen molar-refractivity contribution in [2.45, 2.75) is 30.6 Å². The fourth-order valence-electron chi connectivity index (χ4n) is 3.52. The van der Waals surface area contributed by atoms with E-state index in [1.54, 1.807) is 23.1 Å². The second kappa shape index (κ2) is 9.17. The monoisotopic (exact) mass is 470 g/mol. The van der Waals surface area contributed by atoms with Crippen LogP contribution in [0.15, 0.2) is 59.5 Å². The molecule has 0 bridgehead atoms. The van der Waals surface area contributed by atoms with Crippen LogP contribution in [-0.2, 0) is 25.8 Å². The fourth-order valence-corrected chi connectivity index (χ4v) is 5.53. The first-order valence-corrected chi connectivity index (χ1v) is 12.6. The lowest BCUT2D eigenvalue weighted by Crippen LogP contribution is -2.24. The molecule has 32 heavy (non-hydrogen) atoms. The van der Waals surface area contributed by atoms with Crippen molar-refractivity contribution in [2.75, 3.05) is 22.5 Å². The summed E-state index contributed by atoms with van der Waals surface area (Å²) in [6.07, 6.45) is 1.24. The minimum absolute atomic E-state index is 0.00832. The standard InChI is InChI=1S/C22H22N4O4S2/c1-2-15-8-10-17(11-9-15)26-13-16(12-20(26)28)21-24-25-22(31-21)23-19(27)14-32(29,30)18-6-4-3-5-7-18/h3-11,16H,2,12-14H2,1H3,(H,23,25,27)/t16-/m1/s1. The van der Waals surface area contributed by atoms with E-state index in [9.17, 15) is 18.0 Å². The van der Waals surface area contributed by atoms with Gasteiger partial charge in [0, 0.05) is 24.6 Å². The predicted octanol–water partition coefficient (Wildman–Crippen LogP) is 3.03. The molecule has 8 nitrogen and oxygen atoms in total. The third-order valence-electron chi connectivity index (χ3n) is 5.24. The molecular weight excluding hydrogens is 448 g/mol. The number of aryl methyl sites for hydroxylation is 1. The van der Waals surface area contributed by atoms with Gasteiger partial charge in [0.15, 0.2) is 9.84 Å². The molecule has 3 aromatic rings. The Labute approximate surface area is 190 Å². The van der Waals surface area contributed by atoms with Crippen molar-refractivity contribution in [3.8, 4) is 0 Å². The van der Waals surface area contributed by atoms with Crippen molar-refractivity contribution >= 4 is 43.8 Å². The summed E-state index contributed by atoms with van der Waals surface area (Å²) in [4.78, 5) is 26.6. The van der Waals surface area contributed by atoms with Crippen molar-refractivity contribution in [1.82, 2.24) is 10.2 Å². The van der Waals surface area contributed by atoms with E-state index in [1.165, 1.54) is 17.7 Å². The molecule has 1 N–H and O–H groups in total. The van der Waals surface area contributed by atoms with Gasteiger partial charge in [-0.1, -0.05) is 48.6 Å². The zero-order chi connectivity index (χ0) is 22.7. The minimum atomic E-state index is -3.75. The van der Waals surface area contributed by atoms with Crippen molar-refractivity contribution in [3.63, 3.8) is 0 Å². The summed E-state index contributed by atoms with van der Waals surface area (Å²) in [6, 6.07) is 15.7. The van der Waals surface area contributed by atoms with Gasteiger partial charge in [0.2, 0.25) is 16.9 Å². The van der Waals surface area contributed by atoms with E-state index in [-0.39, 0.29) is 21.9 Å². The Morgan fingerprint density at radius 2 is 1.84 bits per heavy atom. The van der Waals surface area contributed by atoms with Gasteiger partial charge in [-0.25, -0.2) is 8.42 Å². The zero-order valence-electron chi connectivity index (χ0n) is 17.4. The van der Waals surface area contributed by atoms with Gasteiger partial charge < -0.3 is 4.90 Å². The molecule has 1 aromatic heterocycles. The molecule has 0 aliphatic carbocycles. The highest BCUT2D eigenvalue weighted by Crippen LogP contribution is 2.34. The normalized spacial score (nSPS) is 16.3. The van der Waals surface area contributed by atoms with E-state index in [1.807, 2.05) is 24.3 Å². The lowest BCUT2D eigenvalue weighted by Gasteiger charge is -2.16. The quantitative estimate of drug-likeness (QED) is 0.568. The maximum absolute atomic E-state index is 12.5. The highest BCUT2D eigenvalue weighted by atomic mass is 32.2. The van der Waals surface area contributed by atoms with Crippen LogP contribution in [0.4, 0.5) is 10.8 Å². The average Bonchev–Trinajstić information content (AvgIpc) is 3.40. The van der Waals surface area contributed by atoms with Crippen LogP contribution >= 0.6 is 11.3 Å². The molecule has 1 atom stereocenters. The first kappa shape index (κ1) is 22.1. The Kier molecular flexibility index (Phi) is 6.33. The Balaban J connectivity index is 1.39. The smallest absolute Gasteiger partial charge is 0.241 e. The Bertz CT molecular complexity index is 1220. The zero-order valence-corrected chi connectivity index (χ0v) is 19.0. The van der Waals surface area contributed by atoms with Crippen LogP contribution < -0.4 is 10.2 Å². The fraction of sp³-hybridized carbons (Fsp3) is 0.273. The number of carbonyl (C=O) groups is 2. The van der Waals surface area contributed by atoms with Gasteiger partial charge in [0.1, 0.15) is 10.8 Å². The van der Waals surface area contributed by atoms with Gasteiger partial charge in [-0.05, 0) is 36.2 Å². The molecule has 2 heterocycles. The lowest BCUT2D eigenvalue weighted by molar-refractivity contribution is -0.117. The van der Waals surface area contributed by atoms with Crippen molar-refractivity contribution in [3.05, 3.63) is 65.2 Å². The van der Waals surface area contributed by atoms with Crippen LogP contribution in [0, 0.1) is 0 Å². The minimum Gasteiger partial charge on any atom is -0.312 e. The molecule has 4 rings (SSSR count). The first-order chi connectivity index (χ1) is 15.4. The summed E-state index contributed by atoms with van der Waals surface area (Å²) in [6.45, 7) is 2.56. The second-order valence-electron chi connectivity index (χ2n) is 7.49. The van der Waals surface area contributed by atoms with Crippen LogP contribution in [-0.4, -0.2) is 42.7 Å². The van der Waals surface area contributed by atoms with Crippen LogP contribution in [0.3, 0.4) is 0 Å². The van der Waals surface area contributed by atoms with Gasteiger partial charge in [0.25, 0.3) is 0 Å². The van der Waals surface area contributed by atoms with Crippen LogP contribution in [0.5, 0.6) is 0 Å². The van der Waals surface area contributed by atoms with E-state index in [0.717, 1.165) is 23.4 Å². The summed E-state index contributed by atoms with van der Waals surface area (Å²) in [5.41, 5.74) is 2.05. The topological polar surface area (TPSA) is 109 Å². The number of amides is 2. The number of sulfone groups is 1. The summed E-state index contributed by atoms with van der Waals surface area (Å²) in [5.74, 6) is -1.50. The van der Waals surface area contributed by atoms with E-state index in [4.69, 9.17) is 0 Å². The molecule has 2 aromatic carbocycles. The average molecular weight is 471 g/mol. The molecule has 166 valence electrons. The second-order valence-corrected chi connectivity index (χ2v) is 10.5. The molecule has 1 aliphatic rings.